The first kappa shape index (κ1) is 19.2. The third-order valence-corrected chi connectivity index (χ3v) is 4.81. The molecule has 0 atom stereocenters. The number of nitrogens with zero attached hydrogens (tertiary/aromatic N) is 1. The molecule has 0 saturated heterocycles. The van der Waals surface area contributed by atoms with Crippen molar-refractivity contribution in [1.82, 2.24) is 4.57 Å². The van der Waals surface area contributed by atoms with Gasteiger partial charge in [-0.2, -0.15) is 0 Å². The minimum Gasteiger partial charge on any atom is -0.481 e. The molecule has 0 unspecified atom stereocenters. The number of carboxylic acid groups (broad SMARTS) is 1. The van der Waals surface area contributed by atoms with Crippen LogP contribution >= 0.6 is 0 Å². The van der Waals surface area contributed by atoms with Crippen molar-refractivity contribution >= 4 is 22.8 Å². The van der Waals surface area contributed by atoms with E-state index < -0.39 is 5.97 Å². The highest BCUT2D eigenvalue weighted by molar-refractivity contribution is 5.97. The van der Waals surface area contributed by atoms with E-state index in [4.69, 9.17) is 5.11 Å². The Morgan fingerprint density at radius 2 is 1.64 bits per heavy atom. The molecule has 0 aliphatic rings. The highest BCUT2D eigenvalue weighted by atomic mass is 16.4. The highest BCUT2D eigenvalue weighted by Gasteiger charge is 2.19. The highest BCUT2D eigenvalue weighted by Crippen LogP contribution is 2.27. The van der Waals surface area contributed by atoms with Crippen molar-refractivity contribution in [3.8, 4) is 0 Å². The summed E-state index contributed by atoms with van der Waals surface area (Å²) in [6, 6.07) is 7.58. The number of fused-ring (bicyclic) bond motifs is 1. The number of benzene rings is 1. The van der Waals surface area contributed by atoms with E-state index >= 15 is 0 Å². The van der Waals surface area contributed by atoms with Crippen molar-refractivity contribution in [2.45, 2.75) is 71.6 Å². The maximum Gasteiger partial charge on any atom is 0.307 e. The molecule has 0 saturated carbocycles. The third kappa shape index (κ3) is 4.94. The number of rotatable bonds is 10. The van der Waals surface area contributed by atoms with Gasteiger partial charge in [0.1, 0.15) is 0 Å². The molecule has 2 rings (SSSR count). The third-order valence-electron chi connectivity index (χ3n) is 4.81. The first-order valence-electron chi connectivity index (χ1n) is 9.40. The van der Waals surface area contributed by atoms with Crippen molar-refractivity contribution < 1.29 is 14.7 Å². The Hall–Kier alpha value is -2.10. The summed E-state index contributed by atoms with van der Waals surface area (Å²) >= 11 is 0. The Kier molecular flexibility index (Phi) is 7.23. The van der Waals surface area contributed by atoms with Gasteiger partial charge in [-0.15, -0.1) is 0 Å². The Morgan fingerprint density at radius 3 is 2.32 bits per heavy atom. The minimum absolute atomic E-state index is 0.0515. The molecule has 0 radical (unpaired) electrons. The predicted molar refractivity (Wildman–Crippen MR) is 101 cm³/mol. The van der Waals surface area contributed by atoms with Gasteiger partial charge in [0.2, 0.25) is 5.91 Å². The molecule has 4 nitrogen and oxygen atoms in total. The Labute approximate surface area is 149 Å². The summed E-state index contributed by atoms with van der Waals surface area (Å²) < 4.78 is 1.71. The first-order chi connectivity index (χ1) is 12.1. The number of unbranched alkanes of at least 4 members (excludes halogenated alkanes) is 6. The molecule has 1 aromatic carbocycles. The van der Waals surface area contributed by atoms with Crippen LogP contribution in [-0.4, -0.2) is 21.6 Å². The van der Waals surface area contributed by atoms with Gasteiger partial charge >= 0.3 is 5.97 Å². The Morgan fingerprint density at radius 1 is 1.00 bits per heavy atom. The molecule has 0 amide bonds. The maximum absolute atomic E-state index is 12.7. The first-order valence-corrected chi connectivity index (χ1v) is 9.40. The summed E-state index contributed by atoms with van der Waals surface area (Å²) in [5, 5.41) is 10.0. The predicted octanol–water partition coefficient (Wildman–Crippen LogP) is 5.36. The van der Waals surface area contributed by atoms with E-state index in [1.807, 2.05) is 31.2 Å². The summed E-state index contributed by atoms with van der Waals surface area (Å²) in [6.45, 7) is 4.06. The van der Waals surface area contributed by atoms with Gasteiger partial charge in [-0.1, -0.05) is 63.6 Å². The topological polar surface area (TPSA) is 59.3 Å². The largest absolute Gasteiger partial charge is 0.481 e. The number of carbonyl (C=O) groups excluding carboxylic acids is 1. The lowest BCUT2D eigenvalue weighted by molar-refractivity contribution is -0.136. The van der Waals surface area contributed by atoms with E-state index in [9.17, 15) is 9.59 Å². The van der Waals surface area contributed by atoms with E-state index in [1.54, 1.807) is 4.57 Å². The molecule has 4 heteroatoms. The SMILES string of the molecule is CCCCCCCCCC(=O)n1c(C)c(CC(=O)O)c2ccccc21. The lowest BCUT2D eigenvalue weighted by atomic mass is 10.1. The van der Waals surface area contributed by atoms with Crippen LogP contribution in [0.25, 0.3) is 10.9 Å². The minimum atomic E-state index is -0.870. The monoisotopic (exact) mass is 343 g/mol. The average Bonchev–Trinajstić information content (AvgIpc) is 2.86. The molecule has 0 spiro atoms. The second kappa shape index (κ2) is 9.40. The standard InChI is InChI=1S/C21H29NO3/c1-3-4-5-6-7-8-9-14-20(23)22-16(2)18(15-21(24)25)17-12-10-11-13-19(17)22/h10-13H,3-9,14-15H2,1-2H3,(H,24,25). The van der Waals surface area contributed by atoms with Crippen LogP contribution in [0.5, 0.6) is 0 Å². The molecule has 1 aromatic heterocycles. The summed E-state index contributed by atoms with van der Waals surface area (Å²) in [6.07, 6.45) is 8.69. The lowest BCUT2D eigenvalue weighted by Crippen LogP contribution is -2.12. The summed E-state index contributed by atoms with van der Waals surface area (Å²) in [7, 11) is 0. The van der Waals surface area contributed by atoms with E-state index in [-0.39, 0.29) is 12.3 Å². The summed E-state index contributed by atoms with van der Waals surface area (Å²) in [5.41, 5.74) is 2.33. The summed E-state index contributed by atoms with van der Waals surface area (Å²) in [5.74, 6) is -0.801. The van der Waals surface area contributed by atoms with Crippen molar-refractivity contribution in [2.75, 3.05) is 0 Å². The number of aliphatic carboxylic acids is 1. The van der Waals surface area contributed by atoms with Gasteiger partial charge in [0.15, 0.2) is 0 Å². The van der Waals surface area contributed by atoms with Crippen LogP contribution in [0, 0.1) is 6.92 Å². The van der Waals surface area contributed by atoms with Gasteiger partial charge in [0.25, 0.3) is 0 Å². The van der Waals surface area contributed by atoms with Crippen LogP contribution in [-0.2, 0) is 11.2 Å². The molecule has 0 bridgehead atoms. The molecule has 136 valence electrons. The molecule has 1 N–H and O–H groups in total. The number of carboxylic acids is 1. The van der Waals surface area contributed by atoms with E-state index in [0.717, 1.165) is 35.0 Å². The van der Waals surface area contributed by atoms with Crippen LogP contribution in [0.3, 0.4) is 0 Å². The molecule has 2 aromatic rings. The van der Waals surface area contributed by atoms with E-state index in [2.05, 4.69) is 6.92 Å². The van der Waals surface area contributed by atoms with Gasteiger partial charge in [-0.3, -0.25) is 14.2 Å². The van der Waals surface area contributed by atoms with Crippen LogP contribution in [0.2, 0.25) is 0 Å². The molecule has 25 heavy (non-hydrogen) atoms. The molecule has 0 aliphatic carbocycles. The number of hydrogen-bond donors (Lipinski definition) is 1. The summed E-state index contributed by atoms with van der Waals surface area (Å²) in [4.78, 5) is 23.9. The lowest BCUT2D eigenvalue weighted by Gasteiger charge is -2.07. The molecular weight excluding hydrogens is 314 g/mol. The second-order valence-corrected chi connectivity index (χ2v) is 6.75. The maximum atomic E-state index is 12.7. The van der Waals surface area contributed by atoms with Crippen molar-refractivity contribution in [2.24, 2.45) is 0 Å². The molecular formula is C21H29NO3. The van der Waals surface area contributed by atoms with Crippen LogP contribution in [0.15, 0.2) is 24.3 Å². The normalized spacial score (nSPS) is 11.1. The van der Waals surface area contributed by atoms with E-state index in [0.29, 0.717) is 6.42 Å². The fourth-order valence-corrected chi connectivity index (χ4v) is 3.48. The fraction of sp³-hybridized carbons (Fsp3) is 0.524. The van der Waals surface area contributed by atoms with E-state index in [1.165, 1.54) is 32.1 Å². The van der Waals surface area contributed by atoms with Crippen LogP contribution in [0.4, 0.5) is 0 Å². The van der Waals surface area contributed by atoms with Crippen molar-refractivity contribution in [3.63, 3.8) is 0 Å². The van der Waals surface area contributed by atoms with Gasteiger partial charge < -0.3 is 5.11 Å². The fourth-order valence-electron chi connectivity index (χ4n) is 3.48. The van der Waals surface area contributed by atoms with Gasteiger partial charge in [-0.25, -0.2) is 0 Å². The molecule has 1 heterocycles. The number of hydrogen-bond acceptors (Lipinski definition) is 2. The quantitative estimate of drug-likeness (QED) is 0.591. The van der Waals surface area contributed by atoms with Gasteiger partial charge in [-0.05, 0) is 25.0 Å². The number of carbonyl (C=O) groups is 2. The van der Waals surface area contributed by atoms with Gasteiger partial charge in [0.05, 0.1) is 11.9 Å². The van der Waals surface area contributed by atoms with Crippen LogP contribution in [0.1, 0.15) is 74.3 Å². The Balaban J connectivity index is 2.05. The molecule has 0 aliphatic heterocycles. The smallest absolute Gasteiger partial charge is 0.307 e. The molecule has 0 fully saturated rings. The number of para-hydroxylation sites is 1. The zero-order valence-electron chi connectivity index (χ0n) is 15.4. The second-order valence-electron chi connectivity index (χ2n) is 6.75. The van der Waals surface area contributed by atoms with Crippen LogP contribution < -0.4 is 0 Å². The zero-order chi connectivity index (χ0) is 18.2. The Bertz CT molecular complexity index is 730. The number of aromatic nitrogens is 1. The average molecular weight is 343 g/mol. The van der Waals surface area contributed by atoms with Crippen molar-refractivity contribution in [1.29, 1.82) is 0 Å². The van der Waals surface area contributed by atoms with Crippen molar-refractivity contribution in [3.05, 3.63) is 35.5 Å². The van der Waals surface area contributed by atoms with Gasteiger partial charge in [0, 0.05) is 17.5 Å². The zero-order valence-corrected chi connectivity index (χ0v) is 15.4.